The molecular formula is C21H22ClN3O4. The summed E-state index contributed by atoms with van der Waals surface area (Å²) in [6.07, 6.45) is 1.62. The van der Waals surface area contributed by atoms with Gasteiger partial charge in [0, 0.05) is 37.4 Å². The zero-order valence-corrected chi connectivity index (χ0v) is 16.8. The number of hydroxylamine groups is 2. The largest absolute Gasteiger partial charge is 0.495 e. The predicted molar refractivity (Wildman–Crippen MR) is 110 cm³/mol. The van der Waals surface area contributed by atoms with E-state index < -0.39 is 6.09 Å². The number of carbonyl (C=O) groups is 1. The highest BCUT2D eigenvalue weighted by molar-refractivity contribution is 6.30. The van der Waals surface area contributed by atoms with Crippen molar-refractivity contribution >= 4 is 29.1 Å². The third kappa shape index (κ3) is 4.46. The van der Waals surface area contributed by atoms with E-state index in [1.54, 1.807) is 24.3 Å². The van der Waals surface area contributed by atoms with E-state index in [2.05, 4.69) is 10.5 Å². The van der Waals surface area contributed by atoms with E-state index >= 15 is 0 Å². The molecule has 2 heterocycles. The molecular weight excluding hydrogens is 394 g/mol. The fourth-order valence-electron chi connectivity index (χ4n) is 3.57. The molecule has 152 valence electrons. The van der Waals surface area contributed by atoms with Gasteiger partial charge in [-0.3, -0.25) is 5.32 Å². The predicted octanol–water partition coefficient (Wildman–Crippen LogP) is 4.47. The van der Waals surface area contributed by atoms with E-state index in [0.29, 0.717) is 29.5 Å². The van der Waals surface area contributed by atoms with Crippen molar-refractivity contribution in [2.75, 3.05) is 25.5 Å². The number of rotatable bonds is 4. The Labute approximate surface area is 174 Å². The number of anilines is 1. The third-order valence-electron chi connectivity index (χ3n) is 5.21. The van der Waals surface area contributed by atoms with E-state index in [9.17, 15) is 4.79 Å². The van der Waals surface area contributed by atoms with E-state index in [0.717, 1.165) is 30.5 Å². The zero-order valence-electron chi connectivity index (χ0n) is 16.1. The first kappa shape index (κ1) is 19.5. The van der Waals surface area contributed by atoms with Crippen molar-refractivity contribution in [3.8, 4) is 5.75 Å². The highest BCUT2D eigenvalue weighted by Crippen LogP contribution is 2.36. The first-order chi connectivity index (χ1) is 14.1. The molecule has 7 nitrogen and oxygen atoms in total. The van der Waals surface area contributed by atoms with E-state index in [4.69, 9.17) is 26.0 Å². The third-order valence-corrected chi connectivity index (χ3v) is 5.46. The van der Waals surface area contributed by atoms with Gasteiger partial charge in [-0.1, -0.05) is 41.0 Å². The summed E-state index contributed by atoms with van der Waals surface area (Å²) in [6.45, 7) is 1.14. The summed E-state index contributed by atoms with van der Waals surface area (Å²) in [5.41, 5.74) is 2.16. The molecule has 1 fully saturated rings. The van der Waals surface area contributed by atoms with Gasteiger partial charge in [0.15, 0.2) is 0 Å². The monoisotopic (exact) mass is 415 g/mol. The molecule has 1 saturated heterocycles. The van der Waals surface area contributed by atoms with E-state index in [-0.39, 0.29) is 5.60 Å². The average molecular weight is 416 g/mol. The van der Waals surface area contributed by atoms with Crippen LogP contribution >= 0.6 is 11.6 Å². The number of halogens is 1. The minimum Gasteiger partial charge on any atom is -0.495 e. The molecule has 8 heteroatoms. The molecule has 0 unspecified atom stereocenters. The molecule has 2 aliphatic rings. The lowest BCUT2D eigenvalue weighted by Crippen LogP contribution is -2.45. The SMILES string of the molecule is COc1ccccc1NC(=O)ON1CCC2(CC1)CC(c1ccc(Cl)cc1)=NO2. The number of piperidine rings is 1. The van der Waals surface area contributed by atoms with Crippen molar-refractivity contribution in [1.82, 2.24) is 5.06 Å². The lowest BCUT2D eigenvalue weighted by Gasteiger charge is -2.35. The lowest BCUT2D eigenvalue weighted by atomic mass is 9.86. The van der Waals surface area contributed by atoms with Crippen LogP contribution in [0.1, 0.15) is 24.8 Å². The standard InChI is InChI=1S/C21H22ClN3O4/c1-27-19-5-3-2-4-17(19)23-20(26)28-25-12-10-21(11-13-25)14-18(24-29-21)15-6-8-16(22)9-7-15/h2-9H,10-14H2,1H3,(H,23,26). The maximum Gasteiger partial charge on any atom is 0.430 e. The Kier molecular flexibility index (Phi) is 5.60. The Hall–Kier alpha value is -2.77. The summed E-state index contributed by atoms with van der Waals surface area (Å²) in [4.78, 5) is 23.5. The normalized spacial score (nSPS) is 18.1. The number of oxime groups is 1. The molecule has 1 spiro atoms. The van der Waals surface area contributed by atoms with Crippen LogP contribution in [0.25, 0.3) is 0 Å². The number of para-hydroxylation sites is 2. The molecule has 2 aliphatic heterocycles. The molecule has 0 saturated carbocycles. The van der Waals surface area contributed by atoms with Crippen molar-refractivity contribution in [2.24, 2.45) is 5.16 Å². The molecule has 0 radical (unpaired) electrons. The number of nitrogens with zero attached hydrogens (tertiary/aromatic N) is 2. The van der Waals surface area contributed by atoms with Gasteiger partial charge in [0.05, 0.1) is 18.5 Å². The van der Waals surface area contributed by atoms with Gasteiger partial charge in [0.2, 0.25) is 0 Å². The second kappa shape index (κ2) is 8.31. The first-order valence-electron chi connectivity index (χ1n) is 9.45. The van der Waals surface area contributed by atoms with E-state index in [1.165, 1.54) is 0 Å². The second-order valence-corrected chi connectivity index (χ2v) is 7.57. The molecule has 1 N–H and O–H groups in total. The van der Waals surface area contributed by atoms with Crippen molar-refractivity contribution in [1.29, 1.82) is 0 Å². The summed E-state index contributed by atoms with van der Waals surface area (Å²) < 4.78 is 5.23. The Bertz CT molecular complexity index is 908. The van der Waals surface area contributed by atoms with Gasteiger partial charge in [-0.25, -0.2) is 4.79 Å². The Morgan fingerprint density at radius 1 is 1.17 bits per heavy atom. The highest BCUT2D eigenvalue weighted by atomic mass is 35.5. The van der Waals surface area contributed by atoms with Crippen molar-refractivity contribution in [3.05, 3.63) is 59.1 Å². The van der Waals surface area contributed by atoms with Crippen LogP contribution < -0.4 is 10.1 Å². The van der Waals surface area contributed by atoms with Crippen LogP contribution in [0.2, 0.25) is 5.02 Å². The summed E-state index contributed by atoms with van der Waals surface area (Å²) in [6, 6.07) is 14.8. The Morgan fingerprint density at radius 3 is 2.62 bits per heavy atom. The number of methoxy groups -OCH3 is 1. The first-order valence-corrected chi connectivity index (χ1v) is 9.83. The molecule has 0 bridgehead atoms. The fourth-order valence-corrected chi connectivity index (χ4v) is 3.70. The van der Waals surface area contributed by atoms with Crippen LogP contribution in [0.5, 0.6) is 5.75 Å². The molecule has 0 aromatic heterocycles. The van der Waals surface area contributed by atoms with Crippen LogP contribution in [0, 0.1) is 0 Å². The summed E-state index contributed by atoms with van der Waals surface area (Å²) >= 11 is 5.96. The van der Waals surface area contributed by atoms with Gasteiger partial charge in [0.25, 0.3) is 0 Å². The smallest absolute Gasteiger partial charge is 0.430 e. The summed E-state index contributed by atoms with van der Waals surface area (Å²) in [5, 5.41) is 9.35. The average Bonchev–Trinajstić information content (AvgIpc) is 3.14. The molecule has 0 aliphatic carbocycles. The van der Waals surface area contributed by atoms with Crippen LogP contribution in [-0.4, -0.2) is 42.7 Å². The number of hydrogen-bond donors (Lipinski definition) is 1. The van der Waals surface area contributed by atoms with Crippen LogP contribution in [0.4, 0.5) is 10.5 Å². The maximum absolute atomic E-state index is 12.2. The highest BCUT2D eigenvalue weighted by Gasteiger charge is 2.43. The zero-order chi connectivity index (χ0) is 20.3. The van der Waals surface area contributed by atoms with Crippen LogP contribution in [0.3, 0.4) is 0 Å². The molecule has 1 amide bonds. The quantitative estimate of drug-likeness (QED) is 0.797. The van der Waals surface area contributed by atoms with Crippen molar-refractivity contribution < 1.29 is 19.2 Å². The molecule has 2 aromatic carbocycles. The van der Waals surface area contributed by atoms with Crippen LogP contribution in [0.15, 0.2) is 53.7 Å². The topological polar surface area (TPSA) is 72.4 Å². The number of nitrogens with one attached hydrogen (secondary N) is 1. The Morgan fingerprint density at radius 2 is 1.90 bits per heavy atom. The van der Waals surface area contributed by atoms with Gasteiger partial charge in [-0.15, -0.1) is 5.06 Å². The number of benzene rings is 2. The second-order valence-electron chi connectivity index (χ2n) is 7.13. The number of ether oxygens (including phenoxy) is 1. The van der Waals surface area contributed by atoms with Crippen molar-refractivity contribution in [3.63, 3.8) is 0 Å². The van der Waals surface area contributed by atoms with Gasteiger partial charge < -0.3 is 14.4 Å². The van der Waals surface area contributed by atoms with Gasteiger partial charge in [-0.05, 0) is 29.8 Å². The lowest BCUT2D eigenvalue weighted by molar-refractivity contribution is -0.154. The molecule has 4 rings (SSSR count). The Balaban J connectivity index is 1.29. The molecule has 0 atom stereocenters. The minimum atomic E-state index is -0.545. The van der Waals surface area contributed by atoms with E-state index in [1.807, 2.05) is 36.4 Å². The molecule has 29 heavy (non-hydrogen) atoms. The minimum absolute atomic E-state index is 0.339. The summed E-state index contributed by atoms with van der Waals surface area (Å²) in [5.74, 6) is 0.577. The number of hydrogen-bond acceptors (Lipinski definition) is 6. The van der Waals surface area contributed by atoms with Crippen LogP contribution in [-0.2, 0) is 9.68 Å². The molecule has 2 aromatic rings. The number of amides is 1. The summed E-state index contributed by atoms with van der Waals surface area (Å²) in [7, 11) is 1.55. The van der Waals surface area contributed by atoms with Gasteiger partial charge >= 0.3 is 6.09 Å². The fraction of sp³-hybridized carbons (Fsp3) is 0.333. The maximum atomic E-state index is 12.2. The van der Waals surface area contributed by atoms with Gasteiger partial charge in [-0.2, -0.15) is 0 Å². The van der Waals surface area contributed by atoms with Crippen molar-refractivity contribution in [2.45, 2.75) is 24.9 Å². The van der Waals surface area contributed by atoms with Gasteiger partial charge in [0.1, 0.15) is 11.4 Å². The number of carbonyl (C=O) groups excluding carboxylic acids is 1.